The maximum atomic E-state index is 11.6. The normalized spacial score (nSPS) is 11.4. The molecule has 0 aromatic heterocycles. The van der Waals surface area contributed by atoms with Gasteiger partial charge in [-0.2, -0.15) is 5.26 Å². The fourth-order valence-corrected chi connectivity index (χ4v) is 2.14. The standard InChI is InChI=1S/C13H17N3OS/c1-4-15-13(17)9(2)16-11-6-5-7-12(18-3)10(11)8-14/h5-7,9,16H,4H2,1-3H3,(H,15,17). The predicted molar refractivity (Wildman–Crippen MR) is 74.7 cm³/mol. The first-order valence-corrected chi connectivity index (χ1v) is 6.97. The highest BCUT2D eigenvalue weighted by molar-refractivity contribution is 7.98. The average molecular weight is 263 g/mol. The Hall–Kier alpha value is -1.67. The van der Waals surface area contributed by atoms with Crippen molar-refractivity contribution >= 4 is 23.4 Å². The molecule has 1 atom stereocenters. The molecule has 96 valence electrons. The lowest BCUT2D eigenvalue weighted by Crippen LogP contribution is -2.37. The van der Waals surface area contributed by atoms with Crippen molar-refractivity contribution in [2.45, 2.75) is 24.8 Å². The van der Waals surface area contributed by atoms with Crippen LogP contribution in [0.5, 0.6) is 0 Å². The number of nitrogens with zero attached hydrogens (tertiary/aromatic N) is 1. The second kappa shape index (κ2) is 6.92. The number of nitriles is 1. The molecule has 1 amide bonds. The molecule has 0 aliphatic carbocycles. The molecule has 1 unspecified atom stereocenters. The van der Waals surface area contributed by atoms with E-state index in [1.54, 1.807) is 6.92 Å². The first-order valence-electron chi connectivity index (χ1n) is 5.75. The van der Waals surface area contributed by atoms with E-state index in [2.05, 4.69) is 16.7 Å². The molecule has 0 saturated carbocycles. The molecule has 0 aliphatic heterocycles. The Morgan fingerprint density at radius 1 is 1.56 bits per heavy atom. The quantitative estimate of drug-likeness (QED) is 0.799. The summed E-state index contributed by atoms with van der Waals surface area (Å²) >= 11 is 1.52. The maximum absolute atomic E-state index is 11.6. The van der Waals surface area contributed by atoms with Crippen LogP contribution in [0.4, 0.5) is 5.69 Å². The van der Waals surface area contributed by atoms with Gasteiger partial charge >= 0.3 is 0 Å². The van der Waals surface area contributed by atoms with E-state index in [0.717, 1.165) is 4.90 Å². The third kappa shape index (κ3) is 3.41. The van der Waals surface area contributed by atoms with E-state index in [1.165, 1.54) is 11.8 Å². The molecule has 0 radical (unpaired) electrons. The van der Waals surface area contributed by atoms with Gasteiger partial charge in [0.1, 0.15) is 12.1 Å². The van der Waals surface area contributed by atoms with Crippen LogP contribution in [0.1, 0.15) is 19.4 Å². The molecular weight excluding hydrogens is 246 g/mol. The second-order valence-corrected chi connectivity index (χ2v) is 4.60. The summed E-state index contributed by atoms with van der Waals surface area (Å²) in [5, 5.41) is 15.0. The van der Waals surface area contributed by atoms with Crippen molar-refractivity contribution in [2.75, 3.05) is 18.1 Å². The summed E-state index contributed by atoms with van der Waals surface area (Å²) in [7, 11) is 0. The number of benzene rings is 1. The molecule has 0 spiro atoms. The van der Waals surface area contributed by atoms with E-state index in [0.29, 0.717) is 17.8 Å². The van der Waals surface area contributed by atoms with E-state index >= 15 is 0 Å². The summed E-state index contributed by atoms with van der Waals surface area (Å²) in [4.78, 5) is 12.5. The Morgan fingerprint density at radius 3 is 2.83 bits per heavy atom. The van der Waals surface area contributed by atoms with Crippen LogP contribution in [-0.4, -0.2) is 24.7 Å². The summed E-state index contributed by atoms with van der Waals surface area (Å²) in [6.07, 6.45) is 1.92. The number of rotatable bonds is 5. The molecular formula is C13H17N3OS. The largest absolute Gasteiger partial charge is 0.373 e. The first kappa shape index (κ1) is 14.4. The molecule has 0 bridgehead atoms. The summed E-state index contributed by atoms with van der Waals surface area (Å²) in [6.45, 7) is 4.25. The van der Waals surface area contributed by atoms with Gasteiger partial charge in [0.05, 0.1) is 11.3 Å². The van der Waals surface area contributed by atoms with Crippen molar-refractivity contribution in [3.63, 3.8) is 0 Å². The lowest BCUT2D eigenvalue weighted by atomic mass is 10.1. The molecule has 5 heteroatoms. The number of anilines is 1. The van der Waals surface area contributed by atoms with Gasteiger partial charge in [-0.15, -0.1) is 11.8 Å². The zero-order valence-corrected chi connectivity index (χ0v) is 11.6. The van der Waals surface area contributed by atoms with Gasteiger partial charge in [0, 0.05) is 11.4 Å². The lowest BCUT2D eigenvalue weighted by Gasteiger charge is -2.16. The molecule has 1 rings (SSSR count). The van der Waals surface area contributed by atoms with Gasteiger partial charge in [0.15, 0.2) is 0 Å². The molecule has 18 heavy (non-hydrogen) atoms. The molecule has 4 nitrogen and oxygen atoms in total. The molecule has 0 saturated heterocycles. The van der Waals surface area contributed by atoms with E-state index in [9.17, 15) is 10.1 Å². The highest BCUT2D eigenvalue weighted by Crippen LogP contribution is 2.26. The van der Waals surface area contributed by atoms with Crippen LogP contribution in [0.25, 0.3) is 0 Å². The number of hydrogen-bond acceptors (Lipinski definition) is 4. The van der Waals surface area contributed by atoms with Crippen LogP contribution in [-0.2, 0) is 4.79 Å². The van der Waals surface area contributed by atoms with Crippen molar-refractivity contribution in [3.8, 4) is 6.07 Å². The molecule has 0 fully saturated rings. The highest BCUT2D eigenvalue weighted by atomic mass is 32.2. The molecule has 0 heterocycles. The topological polar surface area (TPSA) is 64.9 Å². The predicted octanol–water partition coefficient (Wildman–Crippen LogP) is 2.22. The average Bonchev–Trinajstić information content (AvgIpc) is 2.38. The number of thioether (sulfide) groups is 1. The summed E-state index contributed by atoms with van der Waals surface area (Å²) < 4.78 is 0. The Morgan fingerprint density at radius 2 is 2.28 bits per heavy atom. The molecule has 1 aromatic carbocycles. The van der Waals surface area contributed by atoms with E-state index in [1.807, 2.05) is 31.4 Å². The highest BCUT2D eigenvalue weighted by Gasteiger charge is 2.14. The van der Waals surface area contributed by atoms with Crippen LogP contribution in [0.3, 0.4) is 0 Å². The monoisotopic (exact) mass is 263 g/mol. The SMILES string of the molecule is CCNC(=O)C(C)Nc1cccc(SC)c1C#N. The van der Waals surface area contributed by atoms with Crippen molar-refractivity contribution in [2.24, 2.45) is 0 Å². The van der Waals surface area contributed by atoms with Crippen molar-refractivity contribution in [1.29, 1.82) is 5.26 Å². The third-order valence-corrected chi connectivity index (χ3v) is 3.25. The minimum atomic E-state index is -0.367. The Kier molecular flexibility index (Phi) is 5.53. The van der Waals surface area contributed by atoms with Gasteiger partial charge in [-0.3, -0.25) is 4.79 Å². The van der Waals surface area contributed by atoms with Crippen LogP contribution in [0.15, 0.2) is 23.1 Å². The van der Waals surface area contributed by atoms with Gasteiger partial charge in [-0.1, -0.05) is 6.07 Å². The number of carbonyl (C=O) groups is 1. The second-order valence-electron chi connectivity index (χ2n) is 3.76. The third-order valence-electron chi connectivity index (χ3n) is 2.47. The fourth-order valence-electron chi connectivity index (χ4n) is 1.56. The number of amides is 1. The van der Waals surface area contributed by atoms with Gasteiger partial charge in [0.2, 0.25) is 5.91 Å². The number of nitrogens with one attached hydrogen (secondary N) is 2. The van der Waals surface area contributed by atoms with Gasteiger partial charge < -0.3 is 10.6 Å². The van der Waals surface area contributed by atoms with Gasteiger partial charge in [0.25, 0.3) is 0 Å². The summed E-state index contributed by atoms with van der Waals surface area (Å²) in [5.41, 5.74) is 1.28. The zero-order valence-electron chi connectivity index (χ0n) is 10.8. The maximum Gasteiger partial charge on any atom is 0.242 e. The van der Waals surface area contributed by atoms with Crippen LogP contribution in [0, 0.1) is 11.3 Å². The Labute approximate surface area is 112 Å². The van der Waals surface area contributed by atoms with Crippen molar-refractivity contribution in [1.82, 2.24) is 5.32 Å². The van der Waals surface area contributed by atoms with Gasteiger partial charge in [-0.05, 0) is 32.2 Å². The number of hydrogen-bond donors (Lipinski definition) is 2. The first-order chi connectivity index (χ1) is 8.63. The van der Waals surface area contributed by atoms with Crippen molar-refractivity contribution < 1.29 is 4.79 Å². The Bertz CT molecular complexity index is 468. The lowest BCUT2D eigenvalue weighted by molar-refractivity contribution is -0.121. The number of likely N-dealkylation sites (N-methyl/N-ethyl adjacent to an activating group) is 1. The minimum Gasteiger partial charge on any atom is -0.373 e. The van der Waals surface area contributed by atoms with Gasteiger partial charge in [-0.25, -0.2) is 0 Å². The van der Waals surface area contributed by atoms with E-state index in [-0.39, 0.29) is 11.9 Å². The van der Waals surface area contributed by atoms with E-state index in [4.69, 9.17) is 0 Å². The van der Waals surface area contributed by atoms with Crippen LogP contribution in [0.2, 0.25) is 0 Å². The molecule has 2 N–H and O–H groups in total. The number of carbonyl (C=O) groups excluding carboxylic acids is 1. The minimum absolute atomic E-state index is 0.0732. The zero-order chi connectivity index (χ0) is 13.5. The van der Waals surface area contributed by atoms with Crippen molar-refractivity contribution in [3.05, 3.63) is 23.8 Å². The van der Waals surface area contributed by atoms with Crippen LogP contribution < -0.4 is 10.6 Å². The Balaban J connectivity index is 2.91. The summed E-state index contributed by atoms with van der Waals surface area (Å²) in [5.74, 6) is -0.0732. The summed E-state index contributed by atoms with van der Waals surface area (Å²) in [6, 6.07) is 7.39. The van der Waals surface area contributed by atoms with Crippen LogP contribution >= 0.6 is 11.8 Å². The molecule has 0 aliphatic rings. The smallest absolute Gasteiger partial charge is 0.242 e. The molecule has 1 aromatic rings. The fraction of sp³-hybridized carbons (Fsp3) is 0.385. The van der Waals surface area contributed by atoms with E-state index < -0.39 is 0 Å².